The van der Waals surface area contributed by atoms with Gasteiger partial charge in [0.2, 0.25) is 5.89 Å². The highest BCUT2D eigenvalue weighted by Gasteiger charge is 2.00. The SMILES string of the molecule is Cc1ccc(NCc2ncc(C)o2)nn1. The van der Waals surface area contributed by atoms with Crippen LogP contribution in [-0.2, 0) is 6.54 Å². The zero-order chi connectivity index (χ0) is 10.7. The van der Waals surface area contributed by atoms with Crippen LogP contribution >= 0.6 is 0 Å². The van der Waals surface area contributed by atoms with Crippen molar-refractivity contribution in [2.75, 3.05) is 5.32 Å². The predicted molar refractivity (Wildman–Crippen MR) is 55.3 cm³/mol. The molecule has 0 amide bonds. The maximum atomic E-state index is 5.31. The number of anilines is 1. The molecule has 1 N–H and O–H groups in total. The molecule has 0 atom stereocenters. The summed E-state index contributed by atoms with van der Waals surface area (Å²) >= 11 is 0. The van der Waals surface area contributed by atoms with Crippen LogP contribution in [0.5, 0.6) is 0 Å². The minimum Gasteiger partial charge on any atom is -0.444 e. The van der Waals surface area contributed by atoms with Crippen LogP contribution in [0.25, 0.3) is 0 Å². The van der Waals surface area contributed by atoms with Crippen molar-refractivity contribution < 1.29 is 4.42 Å². The number of aromatic nitrogens is 3. The number of rotatable bonds is 3. The Morgan fingerprint density at radius 1 is 1.27 bits per heavy atom. The van der Waals surface area contributed by atoms with Gasteiger partial charge in [-0.05, 0) is 26.0 Å². The van der Waals surface area contributed by atoms with E-state index < -0.39 is 0 Å². The van der Waals surface area contributed by atoms with Gasteiger partial charge in [-0.2, -0.15) is 5.10 Å². The predicted octanol–water partition coefficient (Wildman–Crippen LogP) is 1.69. The average molecular weight is 204 g/mol. The molecule has 0 unspecified atom stereocenters. The molecule has 5 nitrogen and oxygen atoms in total. The molecule has 15 heavy (non-hydrogen) atoms. The molecular weight excluding hydrogens is 192 g/mol. The second-order valence-corrected chi connectivity index (χ2v) is 3.28. The quantitative estimate of drug-likeness (QED) is 0.824. The van der Waals surface area contributed by atoms with E-state index in [0.29, 0.717) is 12.4 Å². The third-order valence-electron chi connectivity index (χ3n) is 1.89. The summed E-state index contributed by atoms with van der Waals surface area (Å²) in [6.07, 6.45) is 1.69. The standard InChI is InChI=1S/C10H12N4O/c1-7-3-4-9(14-13-7)11-6-10-12-5-8(2)15-10/h3-5H,6H2,1-2H3,(H,11,14). The molecule has 0 saturated carbocycles. The lowest BCUT2D eigenvalue weighted by molar-refractivity contribution is 0.478. The van der Waals surface area contributed by atoms with Crippen molar-refractivity contribution in [1.82, 2.24) is 15.2 Å². The summed E-state index contributed by atoms with van der Waals surface area (Å²) < 4.78 is 5.31. The van der Waals surface area contributed by atoms with Crippen LogP contribution in [0.4, 0.5) is 5.82 Å². The summed E-state index contributed by atoms with van der Waals surface area (Å²) in [4.78, 5) is 4.07. The molecule has 0 radical (unpaired) electrons. The van der Waals surface area contributed by atoms with Crippen molar-refractivity contribution in [3.05, 3.63) is 35.7 Å². The molecule has 0 aliphatic heterocycles. The van der Waals surface area contributed by atoms with Crippen molar-refractivity contribution in [3.63, 3.8) is 0 Å². The summed E-state index contributed by atoms with van der Waals surface area (Å²) in [5, 5.41) is 11.0. The van der Waals surface area contributed by atoms with Crippen LogP contribution in [0.1, 0.15) is 17.3 Å². The molecule has 0 aliphatic carbocycles. The van der Waals surface area contributed by atoms with Crippen molar-refractivity contribution in [2.24, 2.45) is 0 Å². The molecule has 0 aromatic carbocycles. The molecule has 0 bridgehead atoms. The van der Waals surface area contributed by atoms with E-state index in [1.807, 2.05) is 26.0 Å². The normalized spacial score (nSPS) is 10.3. The Morgan fingerprint density at radius 3 is 2.73 bits per heavy atom. The monoisotopic (exact) mass is 204 g/mol. The first-order valence-electron chi connectivity index (χ1n) is 4.69. The van der Waals surface area contributed by atoms with E-state index in [-0.39, 0.29) is 0 Å². The van der Waals surface area contributed by atoms with E-state index in [4.69, 9.17) is 4.42 Å². The third kappa shape index (κ3) is 2.52. The highest BCUT2D eigenvalue weighted by atomic mass is 16.4. The molecule has 5 heteroatoms. The summed E-state index contributed by atoms with van der Waals surface area (Å²) in [5.41, 5.74) is 0.896. The minimum atomic E-state index is 0.519. The highest BCUT2D eigenvalue weighted by Crippen LogP contribution is 2.05. The largest absolute Gasteiger partial charge is 0.444 e. The highest BCUT2D eigenvalue weighted by molar-refractivity contribution is 5.32. The smallest absolute Gasteiger partial charge is 0.213 e. The molecular formula is C10H12N4O. The second-order valence-electron chi connectivity index (χ2n) is 3.28. The number of hydrogen-bond acceptors (Lipinski definition) is 5. The molecule has 0 saturated heterocycles. The molecule has 2 aromatic rings. The zero-order valence-electron chi connectivity index (χ0n) is 8.69. The maximum absolute atomic E-state index is 5.31. The van der Waals surface area contributed by atoms with Gasteiger partial charge < -0.3 is 9.73 Å². The van der Waals surface area contributed by atoms with Crippen LogP contribution in [0.2, 0.25) is 0 Å². The van der Waals surface area contributed by atoms with Crippen LogP contribution in [0, 0.1) is 13.8 Å². The summed E-state index contributed by atoms with van der Waals surface area (Å²) in [7, 11) is 0. The first kappa shape index (κ1) is 9.64. The Kier molecular flexibility index (Phi) is 2.62. The molecule has 2 rings (SSSR count). The van der Waals surface area contributed by atoms with Gasteiger partial charge in [0, 0.05) is 0 Å². The number of nitrogens with zero attached hydrogens (tertiary/aromatic N) is 3. The number of hydrogen-bond donors (Lipinski definition) is 1. The van der Waals surface area contributed by atoms with E-state index >= 15 is 0 Å². The summed E-state index contributed by atoms with van der Waals surface area (Å²) in [6, 6.07) is 3.77. The molecule has 2 heterocycles. The van der Waals surface area contributed by atoms with Crippen LogP contribution in [0.15, 0.2) is 22.7 Å². The zero-order valence-corrected chi connectivity index (χ0v) is 8.69. The first-order valence-corrected chi connectivity index (χ1v) is 4.69. The van der Waals surface area contributed by atoms with E-state index in [1.165, 1.54) is 0 Å². The van der Waals surface area contributed by atoms with E-state index in [9.17, 15) is 0 Å². The van der Waals surface area contributed by atoms with Gasteiger partial charge in [-0.3, -0.25) is 0 Å². The van der Waals surface area contributed by atoms with Gasteiger partial charge in [-0.15, -0.1) is 5.10 Å². The summed E-state index contributed by atoms with van der Waals surface area (Å²) in [5.74, 6) is 2.17. The molecule has 0 aliphatic rings. The third-order valence-corrected chi connectivity index (χ3v) is 1.89. The molecule has 2 aromatic heterocycles. The molecule has 0 spiro atoms. The topological polar surface area (TPSA) is 63.8 Å². The van der Waals surface area contributed by atoms with E-state index in [2.05, 4.69) is 20.5 Å². The Bertz CT molecular complexity index is 435. The Labute approximate surface area is 87.6 Å². The second kappa shape index (κ2) is 4.08. The lowest BCUT2D eigenvalue weighted by Gasteiger charge is -2.01. The Balaban J connectivity index is 1.96. The van der Waals surface area contributed by atoms with Crippen molar-refractivity contribution in [2.45, 2.75) is 20.4 Å². The van der Waals surface area contributed by atoms with Gasteiger partial charge in [0.25, 0.3) is 0 Å². The van der Waals surface area contributed by atoms with Crippen LogP contribution in [0.3, 0.4) is 0 Å². The van der Waals surface area contributed by atoms with Gasteiger partial charge >= 0.3 is 0 Å². The lowest BCUT2D eigenvalue weighted by Crippen LogP contribution is -2.02. The average Bonchev–Trinajstić information content (AvgIpc) is 2.64. The maximum Gasteiger partial charge on any atom is 0.213 e. The van der Waals surface area contributed by atoms with Crippen molar-refractivity contribution in [3.8, 4) is 0 Å². The van der Waals surface area contributed by atoms with Crippen LogP contribution < -0.4 is 5.32 Å². The van der Waals surface area contributed by atoms with Crippen molar-refractivity contribution in [1.29, 1.82) is 0 Å². The minimum absolute atomic E-state index is 0.519. The van der Waals surface area contributed by atoms with E-state index in [1.54, 1.807) is 6.20 Å². The Morgan fingerprint density at radius 2 is 2.13 bits per heavy atom. The molecule has 0 fully saturated rings. The number of aryl methyl sites for hydroxylation is 2. The fourth-order valence-electron chi connectivity index (χ4n) is 1.14. The van der Waals surface area contributed by atoms with Gasteiger partial charge in [-0.1, -0.05) is 0 Å². The van der Waals surface area contributed by atoms with Crippen LogP contribution in [-0.4, -0.2) is 15.2 Å². The molecule has 78 valence electrons. The number of nitrogens with one attached hydrogen (secondary N) is 1. The van der Waals surface area contributed by atoms with Crippen molar-refractivity contribution >= 4 is 5.82 Å². The van der Waals surface area contributed by atoms with Gasteiger partial charge in [0.15, 0.2) is 0 Å². The first-order chi connectivity index (χ1) is 7.24. The van der Waals surface area contributed by atoms with Gasteiger partial charge in [0.1, 0.15) is 11.6 Å². The lowest BCUT2D eigenvalue weighted by atomic mass is 10.4. The Hall–Kier alpha value is -1.91. The fourth-order valence-corrected chi connectivity index (χ4v) is 1.14. The number of oxazole rings is 1. The van der Waals surface area contributed by atoms with E-state index in [0.717, 1.165) is 17.3 Å². The fraction of sp³-hybridized carbons (Fsp3) is 0.300. The van der Waals surface area contributed by atoms with Gasteiger partial charge in [-0.25, -0.2) is 4.98 Å². The van der Waals surface area contributed by atoms with Gasteiger partial charge in [0.05, 0.1) is 18.4 Å². The summed E-state index contributed by atoms with van der Waals surface area (Å²) in [6.45, 7) is 4.28.